The summed E-state index contributed by atoms with van der Waals surface area (Å²) in [7, 11) is 1.55. The number of benzene rings is 2. The molecular weight excluding hydrogens is 636 g/mol. The van der Waals surface area contributed by atoms with Crippen LogP contribution in [0.3, 0.4) is 0 Å². The molecule has 6 rings (SSSR count). The average molecular weight is 675 g/mol. The van der Waals surface area contributed by atoms with Gasteiger partial charge in [0.1, 0.15) is 27.8 Å². The minimum atomic E-state index is -1.02. The van der Waals surface area contributed by atoms with Crippen molar-refractivity contribution in [1.82, 2.24) is 19.7 Å². The first-order chi connectivity index (χ1) is 22.4. The van der Waals surface area contributed by atoms with E-state index in [1.165, 1.54) is 10.9 Å². The molecule has 1 aliphatic heterocycles. The molecule has 0 bridgehead atoms. The normalized spacial score (nSPS) is 18.8. The van der Waals surface area contributed by atoms with Crippen LogP contribution in [0, 0.1) is 0 Å². The fourth-order valence-corrected chi connectivity index (χ4v) is 6.19. The van der Waals surface area contributed by atoms with E-state index < -0.39 is 28.8 Å². The van der Waals surface area contributed by atoms with Crippen molar-refractivity contribution in [2.24, 2.45) is 0 Å². The highest BCUT2D eigenvalue weighted by Gasteiger charge is 2.68. The van der Waals surface area contributed by atoms with Crippen molar-refractivity contribution in [3.8, 4) is 5.75 Å². The van der Waals surface area contributed by atoms with Gasteiger partial charge in [-0.3, -0.25) is 4.79 Å². The van der Waals surface area contributed by atoms with Crippen LogP contribution in [-0.2, 0) is 19.7 Å². The summed E-state index contributed by atoms with van der Waals surface area (Å²) in [5, 5.41) is 8.68. The van der Waals surface area contributed by atoms with Crippen molar-refractivity contribution in [3.05, 3.63) is 64.6 Å². The van der Waals surface area contributed by atoms with Gasteiger partial charge in [-0.1, -0.05) is 31.5 Å². The quantitative estimate of drug-likeness (QED) is 0.223. The summed E-state index contributed by atoms with van der Waals surface area (Å²) in [6.07, 6.45) is 0.551. The molecule has 12 nitrogen and oxygen atoms in total. The number of hydrogen-bond acceptors (Lipinski definition) is 10. The second kappa shape index (κ2) is 11.5. The van der Waals surface area contributed by atoms with Gasteiger partial charge in [-0.25, -0.2) is 24.5 Å². The SMILES string of the molecule is COc1ccc2c(c1)[C@]1(C[C@H]1c1ccc3c(Nc4nc(C(C)C)ncc4Cl)nn(C(=O)OC(C)(C)C)c3c1)C(=O)N2C(=O)OC(C)(C)C. The van der Waals surface area contributed by atoms with Crippen LogP contribution >= 0.6 is 11.6 Å². The van der Waals surface area contributed by atoms with Gasteiger partial charge in [-0.15, -0.1) is 5.10 Å². The molecule has 48 heavy (non-hydrogen) atoms. The van der Waals surface area contributed by atoms with E-state index in [2.05, 4.69) is 20.4 Å². The molecule has 1 N–H and O–H groups in total. The molecule has 2 aromatic heterocycles. The molecule has 1 spiro atoms. The Bertz CT molecular complexity index is 1980. The second-order valence-corrected chi connectivity index (χ2v) is 14.9. The van der Waals surface area contributed by atoms with E-state index in [-0.39, 0.29) is 17.7 Å². The zero-order valence-corrected chi connectivity index (χ0v) is 29.2. The number of nitrogens with zero attached hydrogens (tertiary/aromatic N) is 5. The molecule has 0 radical (unpaired) electrons. The first kappa shape index (κ1) is 33.2. The third kappa shape index (κ3) is 5.82. The third-order valence-corrected chi connectivity index (χ3v) is 8.51. The number of imide groups is 1. The highest BCUT2D eigenvalue weighted by atomic mass is 35.5. The summed E-state index contributed by atoms with van der Waals surface area (Å²) in [6, 6.07) is 10.8. The summed E-state index contributed by atoms with van der Waals surface area (Å²) in [6.45, 7) is 14.5. The van der Waals surface area contributed by atoms with Gasteiger partial charge in [0.2, 0.25) is 5.91 Å². The highest BCUT2D eigenvalue weighted by molar-refractivity contribution is 6.33. The molecule has 1 saturated carbocycles. The van der Waals surface area contributed by atoms with E-state index in [9.17, 15) is 14.4 Å². The number of rotatable bonds is 5. The standard InChI is InChI=1S/C35H39ClN6O6/c1-18(2)27-37-17-24(36)29(38-27)39-28-21-12-10-19(14-26(21)42(40-28)32(45)48-34(6,7)8)23-16-35(23)22-15-20(46-9)11-13-25(22)41(30(35)43)31(44)47-33(3,4)5/h10-15,17-18,23H,16H2,1-9H3,(H,37,38,39,40)/t23-,35-/m0/s1. The van der Waals surface area contributed by atoms with E-state index >= 15 is 0 Å². The number of aromatic nitrogens is 4. The predicted octanol–water partition coefficient (Wildman–Crippen LogP) is 7.85. The minimum absolute atomic E-state index is 0.0574. The number of fused-ring (bicyclic) bond motifs is 3. The lowest BCUT2D eigenvalue weighted by atomic mass is 9.91. The molecule has 2 amide bonds. The second-order valence-electron chi connectivity index (χ2n) is 14.5. The largest absolute Gasteiger partial charge is 0.497 e. The number of hydrogen-bond donors (Lipinski definition) is 1. The number of carbonyl (C=O) groups excluding carboxylic acids is 3. The molecule has 3 heterocycles. The topological polar surface area (TPSA) is 138 Å². The van der Waals surface area contributed by atoms with Crippen molar-refractivity contribution in [2.45, 2.75) is 90.3 Å². The summed E-state index contributed by atoms with van der Waals surface area (Å²) in [4.78, 5) is 51.1. The Balaban J connectivity index is 1.43. The fourth-order valence-electron chi connectivity index (χ4n) is 6.05. The minimum Gasteiger partial charge on any atom is -0.497 e. The Morgan fingerprint density at radius 3 is 2.33 bits per heavy atom. The molecule has 2 atom stereocenters. The van der Waals surface area contributed by atoms with Crippen LogP contribution in [0.1, 0.15) is 90.6 Å². The molecule has 2 aromatic carbocycles. The number of carbonyl (C=O) groups is 3. The van der Waals surface area contributed by atoms with E-state index in [1.54, 1.807) is 66.9 Å². The van der Waals surface area contributed by atoms with Crippen LogP contribution in [0.15, 0.2) is 42.6 Å². The lowest BCUT2D eigenvalue weighted by Gasteiger charge is -2.24. The van der Waals surface area contributed by atoms with Gasteiger partial charge in [-0.05, 0) is 89.4 Å². The van der Waals surface area contributed by atoms with Crippen molar-refractivity contribution in [2.75, 3.05) is 17.3 Å². The van der Waals surface area contributed by atoms with Crippen LogP contribution in [0.5, 0.6) is 5.75 Å². The zero-order valence-electron chi connectivity index (χ0n) is 28.5. The molecule has 252 valence electrons. The monoisotopic (exact) mass is 674 g/mol. The van der Waals surface area contributed by atoms with Gasteiger partial charge < -0.3 is 19.5 Å². The number of anilines is 3. The van der Waals surface area contributed by atoms with Crippen molar-refractivity contribution in [3.63, 3.8) is 0 Å². The lowest BCUT2D eigenvalue weighted by molar-refractivity contribution is -0.120. The Kier molecular flexibility index (Phi) is 7.93. The van der Waals surface area contributed by atoms with Crippen LogP contribution in [0.2, 0.25) is 5.02 Å². The summed E-state index contributed by atoms with van der Waals surface area (Å²) < 4.78 is 18.0. The number of methoxy groups -OCH3 is 1. The van der Waals surface area contributed by atoms with Crippen molar-refractivity contribution >= 4 is 57.9 Å². The van der Waals surface area contributed by atoms with Gasteiger partial charge in [0.15, 0.2) is 11.6 Å². The number of halogens is 1. The van der Waals surface area contributed by atoms with Gasteiger partial charge in [0.05, 0.1) is 29.9 Å². The first-order valence-electron chi connectivity index (χ1n) is 15.7. The van der Waals surface area contributed by atoms with Gasteiger partial charge in [-0.2, -0.15) is 4.68 Å². The fraction of sp³-hybridized carbons (Fsp3) is 0.429. The molecule has 1 aliphatic carbocycles. The van der Waals surface area contributed by atoms with Crippen molar-refractivity contribution < 1.29 is 28.6 Å². The van der Waals surface area contributed by atoms with E-state index in [0.717, 1.165) is 10.5 Å². The lowest BCUT2D eigenvalue weighted by Crippen LogP contribution is -2.41. The molecule has 0 unspecified atom stereocenters. The van der Waals surface area contributed by atoms with E-state index in [1.807, 2.05) is 32.0 Å². The maximum Gasteiger partial charge on any atom is 0.435 e. The zero-order chi connectivity index (χ0) is 34.9. The van der Waals surface area contributed by atoms with Crippen LogP contribution < -0.4 is 15.0 Å². The first-order valence-corrected chi connectivity index (χ1v) is 16.1. The molecule has 4 aromatic rings. The van der Waals surface area contributed by atoms with E-state index in [0.29, 0.717) is 56.8 Å². The Morgan fingerprint density at radius 2 is 1.69 bits per heavy atom. The third-order valence-electron chi connectivity index (χ3n) is 8.24. The smallest absolute Gasteiger partial charge is 0.435 e. The maximum absolute atomic E-state index is 14.2. The van der Waals surface area contributed by atoms with Crippen LogP contribution in [-0.4, -0.2) is 56.2 Å². The summed E-state index contributed by atoms with van der Waals surface area (Å²) in [5.74, 6) is 1.23. The molecule has 1 fully saturated rings. The number of amides is 2. The van der Waals surface area contributed by atoms with Crippen molar-refractivity contribution in [1.29, 1.82) is 0 Å². The Hall–Kier alpha value is -4.71. The Morgan fingerprint density at radius 1 is 1.00 bits per heavy atom. The van der Waals surface area contributed by atoms with Gasteiger partial charge in [0, 0.05) is 17.2 Å². The van der Waals surface area contributed by atoms with E-state index in [4.69, 9.17) is 25.8 Å². The highest BCUT2D eigenvalue weighted by Crippen LogP contribution is 2.67. The van der Waals surface area contributed by atoms with Gasteiger partial charge in [0.25, 0.3) is 0 Å². The molecular formula is C35H39ClN6O6. The molecule has 13 heteroatoms. The van der Waals surface area contributed by atoms with Crippen LogP contribution in [0.25, 0.3) is 10.9 Å². The average Bonchev–Trinajstić information content (AvgIpc) is 3.57. The number of nitrogens with one attached hydrogen (secondary N) is 1. The summed E-state index contributed by atoms with van der Waals surface area (Å²) >= 11 is 6.46. The predicted molar refractivity (Wildman–Crippen MR) is 182 cm³/mol. The maximum atomic E-state index is 14.2. The molecule has 0 saturated heterocycles. The molecule has 2 aliphatic rings. The Labute approximate surface area is 283 Å². The van der Waals surface area contributed by atoms with Gasteiger partial charge >= 0.3 is 12.2 Å². The summed E-state index contributed by atoms with van der Waals surface area (Å²) in [5.41, 5.74) is -0.209. The number of ether oxygens (including phenoxy) is 3. The van der Waals surface area contributed by atoms with Crippen LogP contribution in [0.4, 0.5) is 26.9 Å².